The lowest BCUT2D eigenvalue weighted by atomic mass is 9.71. The van der Waals surface area contributed by atoms with Crippen LogP contribution < -0.4 is 5.32 Å². The maximum absolute atomic E-state index is 12.4. The summed E-state index contributed by atoms with van der Waals surface area (Å²) in [6, 6.07) is 0. The van der Waals surface area contributed by atoms with Crippen molar-refractivity contribution in [3.63, 3.8) is 0 Å². The van der Waals surface area contributed by atoms with E-state index in [0.29, 0.717) is 25.7 Å². The summed E-state index contributed by atoms with van der Waals surface area (Å²) in [5.74, 6) is -0.140. The second kappa shape index (κ2) is 9.10. The Morgan fingerprint density at radius 3 is 2.08 bits per heavy atom. The molecule has 5 aliphatic rings. The first kappa shape index (κ1) is 25.7. The van der Waals surface area contributed by atoms with Crippen molar-refractivity contribution < 1.29 is 54.5 Å². The number of hydrogen-bond acceptors (Lipinski definition) is 8. The highest BCUT2D eigenvalue weighted by molar-refractivity contribution is 5.78. The summed E-state index contributed by atoms with van der Waals surface area (Å²) in [5.41, 5.74) is -1.40. The molecule has 1 amide bonds. The lowest BCUT2D eigenvalue weighted by Crippen LogP contribution is -2.62. The molecule has 6 rings (SSSR count). The van der Waals surface area contributed by atoms with Crippen molar-refractivity contribution in [3.8, 4) is 0 Å². The number of hydrogen-bond donors (Lipinski definition) is 1. The van der Waals surface area contributed by atoms with Gasteiger partial charge in [-0.25, -0.2) is 0 Å². The molecule has 9 nitrogen and oxygen atoms in total. The van der Waals surface area contributed by atoms with Crippen LogP contribution in [0.2, 0.25) is 0 Å². The summed E-state index contributed by atoms with van der Waals surface area (Å²) in [6.07, 6.45) is -9.09. The molecule has 1 aromatic heterocycles. The van der Waals surface area contributed by atoms with Gasteiger partial charge in [0.05, 0.1) is 30.5 Å². The van der Waals surface area contributed by atoms with Crippen molar-refractivity contribution >= 4 is 5.91 Å². The maximum atomic E-state index is 12.4. The van der Waals surface area contributed by atoms with Gasteiger partial charge < -0.3 is 19.2 Å². The van der Waals surface area contributed by atoms with Crippen LogP contribution in [0.4, 0.5) is 26.3 Å². The first-order chi connectivity index (χ1) is 16.8. The van der Waals surface area contributed by atoms with E-state index in [-0.39, 0.29) is 62.5 Å². The van der Waals surface area contributed by atoms with Crippen molar-refractivity contribution in [2.24, 2.45) is 0 Å². The van der Waals surface area contributed by atoms with Crippen LogP contribution in [0, 0.1) is 0 Å². The number of halogens is 6. The summed E-state index contributed by atoms with van der Waals surface area (Å²) in [4.78, 5) is 12.4. The third-order valence-electron chi connectivity index (χ3n) is 7.42. The lowest BCUT2D eigenvalue weighted by Gasteiger charge is -2.51. The number of aromatic nitrogens is 2. The van der Waals surface area contributed by atoms with Crippen molar-refractivity contribution in [1.29, 1.82) is 0 Å². The van der Waals surface area contributed by atoms with Crippen LogP contribution in [0.3, 0.4) is 0 Å². The molecule has 2 saturated heterocycles. The summed E-state index contributed by atoms with van der Waals surface area (Å²) in [6.45, 7) is -0.0734. The van der Waals surface area contributed by atoms with Crippen molar-refractivity contribution in [2.45, 2.75) is 99.5 Å². The minimum atomic E-state index is -4.68. The fraction of sp³-hybridized carbons (Fsp3) is 0.857. The molecule has 0 atom stereocenters. The number of nitrogens with one attached hydrogen (secondary N) is 1. The first-order valence-electron chi connectivity index (χ1n) is 11.7. The van der Waals surface area contributed by atoms with Crippen LogP contribution >= 0.6 is 0 Å². The largest absolute Gasteiger partial charge is 0.522 e. The van der Waals surface area contributed by atoms with Gasteiger partial charge in [0, 0.05) is 18.8 Å². The minimum absolute atomic E-state index is 0.0760. The molecule has 202 valence electrons. The normalized spacial score (nSPS) is 36.3. The zero-order valence-electron chi connectivity index (χ0n) is 19.0. The Morgan fingerprint density at radius 2 is 1.53 bits per heavy atom. The molecule has 3 heterocycles. The summed E-state index contributed by atoms with van der Waals surface area (Å²) < 4.78 is 98.6. The van der Waals surface area contributed by atoms with Gasteiger partial charge in [-0.15, -0.1) is 36.5 Å². The van der Waals surface area contributed by atoms with Crippen LogP contribution in [0.15, 0.2) is 4.42 Å². The Labute approximate surface area is 201 Å². The Hall–Kier alpha value is -1.97. The van der Waals surface area contributed by atoms with Crippen LogP contribution in [-0.4, -0.2) is 65.9 Å². The molecule has 15 heteroatoms. The van der Waals surface area contributed by atoms with E-state index in [4.69, 9.17) is 13.9 Å². The van der Waals surface area contributed by atoms with Crippen molar-refractivity contribution in [2.75, 3.05) is 13.2 Å². The van der Waals surface area contributed by atoms with Gasteiger partial charge in [-0.3, -0.25) is 14.3 Å². The molecule has 3 saturated carbocycles. The number of rotatable bonds is 8. The molecule has 5 fully saturated rings. The molecule has 3 aliphatic carbocycles. The van der Waals surface area contributed by atoms with E-state index >= 15 is 0 Å². The van der Waals surface area contributed by atoms with E-state index in [9.17, 15) is 31.1 Å². The summed E-state index contributed by atoms with van der Waals surface area (Å²) in [7, 11) is 0. The van der Waals surface area contributed by atoms with Crippen LogP contribution in [0.1, 0.15) is 69.1 Å². The van der Waals surface area contributed by atoms with E-state index in [1.165, 1.54) is 0 Å². The van der Waals surface area contributed by atoms with Crippen LogP contribution in [-0.2, 0) is 29.3 Å². The average molecular weight is 529 g/mol. The second-order valence-electron chi connectivity index (χ2n) is 10.0. The molecule has 2 aliphatic heterocycles. The molecule has 0 spiro atoms. The number of fused-ring (bicyclic) bond motifs is 3. The lowest BCUT2D eigenvalue weighted by molar-refractivity contribution is -0.357. The van der Waals surface area contributed by atoms with E-state index in [2.05, 4.69) is 25.0 Å². The molecule has 1 N–H and O–H groups in total. The zero-order chi connectivity index (χ0) is 25.8. The zero-order valence-corrected chi connectivity index (χ0v) is 19.0. The second-order valence-corrected chi connectivity index (χ2v) is 10.0. The molecule has 0 unspecified atom stereocenters. The summed E-state index contributed by atoms with van der Waals surface area (Å²) in [5, 5.41) is 11.0. The summed E-state index contributed by atoms with van der Waals surface area (Å²) >= 11 is 0. The number of nitrogens with zero attached hydrogens (tertiary/aromatic N) is 2. The molecular weight excluding hydrogens is 504 g/mol. The highest BCUT2D eigenvalue weighted by atomic mass is 19.4. The smallest absolute Gasteiger partial charge is 0.422 e. The quantitative estimate of drug-likeness (QED) is 0.510. The Bertz CT molecular complexity index is 932. The van der Waals surface area contributed by atoms with Crippen molar-refractivity contribution in [3.05, 3.63) is 11.8 Å². The Kier molecular flexibility index (Phi) is 6.49. The fourth-order valence-electron chi connectivity index (χ4n) is 5.23. The van der Waals surface area contributed by atoms with E-state index < -0.39 is 42.2 Å². The SMILES string of the molecule is O=C(CO[C@H]1C[C@@H](OC(F)(F)F)C1)NC12CCC(c3nnc(C4CC(OC(F)(F)F)C4)o3)(CC1)OC2. The predicted octanol–water partition coefficient (Wildman–Crippen LogP) is 3.59. The van der Waals surface area contributed by atoms with Gasteiger partial charge in [-0.1, -0.05) is 0 Å². The molecule has 0 aromatic carbocycles. The Morgan fingerprint density at radius 1 is 0.917 bits per heavy atom. The predicted molar refractivity (Wildman–Crippen MR) is 104 cm³/mol. The number of carbonyl (C=O) groups is 1. The van der Waals surface area contributed by atoms with Gasteiger partial charge in [0.2, 0.25) is 17.7 Å². The number of carbonyl (C=O) groups excluding carboxylic acids is 1. The minimum Gasteiger partial charge on any atom is -0.422 e. The molecule has 36 heavy (non-hydrogen) atoms. The third-order valence-corrected chi connectivity index (χ3v) is 7.42. The number of ether oxygens (including phenoxy) is 4. The highest BCUT2D eigenvalue weighted by Crippen LogP contribution is 2.50. The third kappa shape index (κ3) is 5.63. The topological polar surface area (TPSA) is 105 Å². The van der Waals surface area contributed by atoms with Gasteiger partial charge >= 0.3 is 12.7 Å². The molecule has 1 aromatic rings. The van der Waals surface area contributed by atoms with Crippen molar-refractivity contribution in [1.82, 2.24) is 15.5 Å². The maximum Gasteiger partial charge on any atom is 0.522 e. The van der Waals surface area contributed by atoms with E-state index in [1.807, 2.05) is 0 Å². The van der Waals surface area contributed by atoms with Gasteiger partial charge in [0.1, 0.15) is 12.2 Å². The number of alkyl halides is 6. The first-order valence-corrected chi connectivity index (χ1v) is 11.7. The average Bonchev–Trinajstić information content (AvgIpc) is 3.22. The van der Waals surface area contributed by atoms with E-state index in [1.54, 1.807) is 0 Å². The standard InChI is InChI=1S/C21H25F6N3O6/c22-20(23,24)35-13-5-11(6-13)16-29-30-17(34-16)19-3-1-18(2-4-19,10-33-19)28-15(31)9-32-12-7-14(8-12)36-21(25,26)27/h11-14H,1-10H2,(H,28,31)/t11?,12-,13?,14+,18?,19?. The van der Waals surface area contributed by atoms with Gasteiger partial charge in [0.15, 0.2) is 0 Å². The molecule has 0 radical (unpaired) electrons. The van der Waals surface area contributed by atoms with Crippen LogP contribution in [0.5, 0.6) is 0 Å². The van der Waals surface area contributed by atoms with Gasteiger partial charge in [-0.05, 0) is 38.5 Å². The van der Waals surface area contributed by atoms with E-state index in [0.717, 1.165) is 0 Å². The van der Waals surface area contributed by atoms with Crippen LogP contribution in [0.25, 0.3) is 0 Å². The van der Waals surface area contributed by atoms with Gasteiger partial charge in [-0.2, -0.15) is 0 Å². The number of amides is 1. The Balaban J connectivity index is 1.06. The fourth-order valence-corrected chi connectivity index (χ4v) is 5.23. The molecule has 2 bridgehead atoms. The van der Waals surface area contributed by atoms with Gasteiger partial charge in [0.25, 0.3) is 0 Å². The monoisotopic (exact) mass is 529 g/mol. The molecular formula is C21H25F6N3O6. The highest BCUT2D eigenvalue weighted by Gasteiger charge is 2.54.